The van der Waals surface area contributed by atoms with Crippen LogP contribution in [0.4, 0.5) is 5.95 Å². The first-order valence-corrected chi connectivity index (χ1v) is 26.6. The van der Waals surface area contributed by atoms with Crippen LogP contribution >= 0.6 is 23.5 Å². The number of nitrogens with two attached hydrogens (primary N) is 1. The van der Waals surface area contributed by atoms with E-state index < -0.39 is 84.7 Å². The number of phosphoric acid groups is 3. The molecule has 4 aromatic rings. The van der Waals surface area contributed by atoms with Crippen molar-refractivity contribution in [3.63, 3.8) is 0 Å². The zero-order valence-electron chi connectivity index (χ0n) is 39.4. The van der Waals surface area contributed by atoms with Crippen LogP contribution in [-0.4, -0.2) is 107 Å². The number of phosphoric ester groups is 1. The molecule has 1 aliphatic heterocycles. The summed E-state index contributed by atoms with van der Waals surface area (Å²) in [7, 11) is -17.4. The number of nitrogen functional groups attached to an aromatic ring is 1. The molecule has 0 spiro atoms. The van der Waals surface area contributed by atoms with Crippen molar-refractivity contribution in [1.82, 2.24) is 9.97 Å². The number of fused-ring (bicyclic) bond motifs is 1. The second kappa shape index (κ2) is 27.1. The first kappa shape index (κ1) is 58.3. The second-order valence-corrected chi connectivity index (χ2v) is 20.1. The van der Waals surface area contributed by atoms with Crippen molar-refractivity contribution in [3.05, 3.63) is 113 Å². The number of hydrogen-bond acceptors (Lipinski definition) is 19. The van der Waals surface area contributed by atoms with E-state index in [-0.39, 0.29) is 58.9 Å². The van der Waals surface area contributed by atoms with Crippen LogP contribution in [0.5, 0.6) is 0 Å². The molecule has 2 aromatic carbocycles. The predicted octanol–water partition coefficient (Wildman–Crippen LogP) is 5.66. The van der Waals surface area contributed by atoms with Gasteiger partial charge in [0.15, 0.2) is 6.23 Å². The second-order valence-electron chi connectivity index (χ2n) is 15.7. The van der Waals surface area contributed by atoms with Gasteiger partial charge in [-0.1, -0.05) is 61.3 Å². The Labute approximate surface area is 414 Å². The molecule has 0 saturated carbocycles. The van der Waals surface area contributed by atoms with E-state index in [4.69, 9.17) is 58.7 Å². The largest absolute Gasteiger partial charge is 0.490 e. The summed E-state index contributed by atoms with van der Waals surface area (Å²) in [5.41, 5.74) is 25.1. The number of H-pyrrole nitrogens is 2. The summed E-state index contributed by atoms with van der Waals surface area (Å²) in [6.07, 6.45) is -2.37. The number of nitrogens with zero attached hydrogens (tertiary/aromatic N) is 7. The van der Waals surface area contributed by atoms with Crippen molar-refractivity contribution >= 4 is 52.4 Å². The summed E-state index contributed by atoms with van der Waals surface area (Å²) >= 11 is 0. The van der Waals surface area contributed by atoms with Crippen LogP contribution in [0.15, 0.2) is 63.7 Å². The molecule has 30 nitrogen and oxygen atoms in total. The number of carbonyl (C=O) groups is 2. The Morgan fingerprint density at radius 2 is 1.47 bits per heavy atom. The van der Waals surface area contributed by atoms with Crippen LogP contribution < -0.4 is 15.9 Å². The molecule has 7 atom stereocenters. The summed E-state index contributed by atoms with van der Waals surface area (Å²) < 4.78 is 89.2. The van der Waals surface area contributed by atoms with Crippen LogP contribution in [-0.2, 0) is 73.2 Å². The van der Waals surface area contributed by atoms with Crippen molar-refractivity contribution in [2.75, 3.05) is 58.6 Å². The van der Waals surface area contributed by atoms with Crippen LogP contribution in [0.25, 0.3) is 31.9 Å². The lowest BCUT2D eigenvalue weighted by Crippen LogP contribution is -2.46. The SMILES string of the molecule is CCCOCCOCCOCCOCc1ccc(C(=O)OCc2c[nH]c3c2c(=O)[nH]c(N)[n+]3[C@H]2CC(OC(=O)c3ccccc3C(C)N=[N+]=[N-])[C@@H](COP(=O)(O)OP(=O)(O)OP(=O)(O)O)O2)c(C(C)N=[N+]=[N-])c1. The number of hydrogen-bond donors (Lipinski definition) is 7. The van der Waals surface area contributed by atoms with Gasteiger partial charge in [-0.3, -0.25) is 14.3 Å². The van der Waals surface area contributed by atoms with Gasteiger partial charge in [-0.25, -0.2) is 28.3 Å². The standard InChI is InChI=1S/C40H53N10O20P3/c1-4-11-61-12-13-62-14-15-63-16-17-64-21-26-9-10-30(31(18-26)25(3)47-49-43)38(52)65-22-27-20-44-36-35(27)37(51)45-40(41)50(36)34-19-32(68-39(53)29-8-6-5-7-28(29)24(2)46-48-42)33(67-34)23-66-72(57,58)70-73(59,60)69-71(54,55)56/h5-10,18,20,24-25,32-34H,4,11-17,19,21-23H2,1-3H3,(H7,41,44,45,51,54,55,56,57,58,59,60)/p+1/t24?,25?,32?,33-,34-/m1/s1. The number of nitrogens with one attached hydrogen (secondary N) is 2. The minimum atomic E-state index is -5.93. The van der Waals surface area contributed by atoms with Crippen molar-refractivity contribution in [2.24, 2.45) is 10.2 Å². The fraction of sp³-hybridized carbons (Fsp3) is 0.500. The third kappa shape index (κ3) is 17.3. The summed E-state index contributed by atoms with van der Waals surface area (Å²) in [5.74, 6) is -2.17. The highest BCUT2D eigenvalue weighted by atomic mass is 31.3. The first-order valence-electron chi connectivity index (χ1n) is 22.0. The van der Waals surface area contributed by atoms with Gasteiger partial charge in [0.05, 0.1) is 82.3 Å². The zero-order valence-corrected chi connectivity index (χ0v) is 42.0. The summed E-state index contributed by atoms with van der Waals surface area (Å²) in [5, 5.41) is 7.29. The number of carbonyl (C=O) groups excluding carboxylic acids is 2. The molecule has 5 rings (SSSR count). The number of aromatic amines is 2. The molecule has 0 aliphatic carbocycles. The molecular weight excluding hydrogens is 1030 g/mol. The number of aromatic nitrogens is 3. The van der Waals surface area contributed by atoms with Crippen molar-refractivity contribution < 1.29 is 93.7 Å². The molecule has 8 N–H and O–H groups in total. The van der Waals surface area contributed by atoms with Crippen LogP contribution in [0, 0.1) is 0 Å². The molecule has 33 heteroatoms. The molecule has 1 aliphatic rings. The average Bonchev–Trinajstić information content (AvgIpc) is 3.93. The molecule has 1 fully saturated rings. The number of benzene rings is 2. The van der Waals surface area contributed by atoms with Crippen LogP contribution in [0.2, 0.25) is 0 Å². The van der Waals surface area contributed by atoms with Crippen molar-refractivity contribution in [1.29, 1.82) is 0 Å². The predicted molar refractivity (Wildman–Crippen MR) is 251 cm³/mol. The molecule has 73 heavy (non-hydrogen) atoms. The van der Waals surface area contributed by atoms with Gasteiger partial charge in [0.1, 0.15) is 24.2 Å². The average molecular weight is 1090 g/mol. The molecule has 3 heterocycles. The van der Waals surface area contributed by atoms with Gasteiger partial charge < -0.3 is 58.5 Å². The molecule has 0 bridgehead atoms. The van der Waals surface area contributed by atoms with E-state index in [0.29, 0.717) is 50.8 Å². The summed E-state index contributed by atoms with van der Waals surface area (Å²) in [6.45, 7) is 6.68. The van der Waals surface area contributed by atoms with Gasteiger partial charge in [0.25, 0.3) is 0 Å². The lowest BCUT2D eigenvalue weighted by molar-refractivity contribution is -0.728. The van der Waals surface area contributed by atoms with Crippen molar-refractivity contribution in [2.45, 2.75) is 77.3 Å². The van der Waals surface area contributed by atoms with Gasteiger partial charge >= 0.3 is 46.9 Å². The third-order valence-electron chi connectivity index (χ3n) is 10.4. The van der Waals surface area contributed by atoms with E-state index in [2.05, 4.69) is 38.6 Å². The van der Waals surface area contributed by atoms with Gasteiger partial charge in [-0.15, -0.1) is 0 Å². The lowest BCUT2D eigenvalue weighted by Gasteiger charge is -2.21. The molecule has 1 saturated heterocycles. The maximum absolute atomic E-state index is 13.7. The first-order chi connectivity index (χ1) is 34.7. The van der Waals surface area contributed by atoms with E-state index in [9.17, 15) is 43.4 Å². The highest BCUT2D eigenvalue weighted by molar-refractivity contribution is 7.66. The Kier molecular flexibility index (Phi) is 21.7. The summed E-state index contributed by atoms with van der Waals surface area (Å²) in [6, 6.07) is 9.03. The molecule has 0 radical (unpaired) electrons. The quantitative estimate of drug-likeness (QED) is 0.00630. The molecule has 2 aromatic heterocycles. The Balaban J connectivity index is 1.33. The van der Waals surface area contributed by atoms with E-state index in [0.717, 1.165) is 6.42 Å². The number of anilines is 1. The fourth-order valence-electron chi connectivity index (χ4n) is 7.25. The number of rotatable bonds is 30. The Bertz CT molecular complexity index is 2870. The highest BCUT2D eigenvalue weighted by Crippen LogP contribution is 2.66. The molecule has 398 valence electrons. The molecular formula is C40H54N10O20P3+. The maximum Gasteiger partial charge on any atom is 0.490 e. The molecule has 0 amide bonds. The smallest absolute Gasteiger partial charge is 0.457 e. The van der Waals surface area contributed by atoms with E-state index in [1.54, 1.807) is 25.1 Å². The monoisotopic (exact) mass is 1090 g/mol. The Morgan fingerprint density at radius 3 is 2.11 bits per heavy atom. The van der Waals surface area contributed by atoms with Crippen LogP contribution in [0.1, 0.15) is 94.9 Å². The number of ether oxygens (including phenoxy) is 7. The molecule has 5 unspecified atom stereocenters. The Morgan fingerprint density at radius 1 is 0.849 bits per heavy atom. The highest BCUT2D eigenvalue weighted by Gasteiger charge is 2.46. The van der Waals surface area contributed by atoms with E-state index in [1.165, 1.54) is 42.0 Å². The van der Waals surface area contributed by atoms with Crippen molar-refractivity contribution in [3.8, 4) is 0 Å². The maximum atomic E-state index is 13.7. The minimum Gasteiger partial charge on any atom is -0.457 e. The number of esters is 2. The van der Waals surface area contributed by atoms with E-state index in [1.807, 2.05) is 6.92 Å². The third-order valence-corrected chi connectivity index (χ3v) is 14.2. The Hall–Kier alpha value is -5.57. The van der Waals surface area contributed by atoms with Gasteiger partial charge in [0.2, 0.25) is 5.65 Å². The summed E-state index contributed by atoms with van der Waals surface area (Å²) in [4.78, 5) is 89.7. The van der Waals surface area contributed by atoms with E-state index >= 15 is 0 Å². The normalized spacial score (nSPS) is 18.2. The van der Waals surface area contributed by atoms with Gasteiger partial charge in [-0.2, -0.15) is 13.2 Å². The zero-order chi connectivity index (χ0) is 53.3. The number of azide groups is 2. The van der Waals surface area contributed by atoms with Crippen LogP contribution in [0.3, 0.4) is 0 Å². The lowest BCUT2D eigenvalue weighted by atomic mass is 9.99. The van der Waals surface area contributed by atoms with Gasteiger partial charge in [-0.05, 0) is 46.3 Å². The fourth-order valence-corrected chi connectivity index (χ4v) is 10.3. The topological polar surface area (TPSA) is 435 Å². The van der Waals surface area contributed by atoms with Gasteiger partial charge in [0, 0.05) is 28.4 Å². The minimum absolute atomic E-state index is 0.0156.